The first-order chi connectivity index (χ1) is 9.31. The zero-order valence-corrected chi connectivity index (χ0v) is 16.0. The second-order valence-electron chi connectivity index (χ2n) is 5.41. The van der Waals surface area contributed by atoms with Gasteiger partial charge >= 0.3 is 0 Å². The Balaban J connectivity index is 0.00000400. The monoisotopic (exact) mass is 434 g/mol. The van der Waals surface area contributed by atoms with Crippen molar-refractivity contribution in [3.8, 4) is 0 Å². The van der Waals surface area contributed by atoms with Crippen LogP contribution in [0.2, 0.25) is 0 Å². The van der Waals surface area contributed by atoms with Crippen molar-refractivity contribution in [3.05, 3.63) is 0 Å². The van der Waals surface area contributed by atoms with Crippen LogP contribution in [0.25, 0.3) is 0 Å². The predicted molar refractivity (Wildman–Crippen MR) is 95.5 cm³/mol. The molecule has 4 N–H and O–H groups in total. The number of methoxy groups -OCH3 is 1. The third kappa shape index (κ3) is 8.79. The molecule has 0 aromatic carbocycles. The Labute approximate surface area is 144 Å². The van der Waals surface area contributed by atoms with Gasteiger partial charge in [0.2, 0.25) is 10.0 Å². The second kappa shape index (κ2) is 9.80. The molecule has 0 heterocycles. The number of rotatable bonds is 7. The third-order valence-electron chi connectivity index (χ3n) is 3.33. The number of aliphatic imine (C=N–C) groups is 1. The summed E-state index contributed by atoms with van der Waals surface area (Å²) in [6, 6.07) is 0.0650. The predicted octanol–water partition coefficient (Wildman–Crippen LogP) is 0.262. The maximum atomic E-state index is 11.3. The van der Waals surface area contributed by atoms with Crippen LogP contribution < -0.4 is 15.8 Å². The summed E-state index contributed by atoms with van der Waals surface area (Å²) < 4.78 is 30.3. The Kier molecular flexibility index (Phi) is 9.74. The van der Waals surface area contributed by atoms with Crippen LogP contribution in [0.3, 0.4) is 0 Å². The van der Waals surface area contributed by atoms with Crippen molar-refractivity contribution < 1.29 is 13.2 Å². The molecule has 126 valence electrons. The van der Waals surface area contributed by atoms with Crippen molar-refractivity contribution in [2.45, 2.75) is 38.3 Å². The molecule has 0 radical (unpaired) electrons. The van der Waals surface area contributed by atoms with Gasteiger partial charge in [-0.25, -0.2) is 13.1 Å². The van der Waals surface area contributed by atoms with Gasteiger partial charge in [-0.2, -0.15) is 0 Å². The van der Waals surface area contributed by atoms with Crippen LogP contribution >= 0.6 is 24.0 Å². The summed E-state index contributed by atoms with van der Waals surface area (Å²) in [4.78, 5) is 4.30. The van der Waals surface area contributed by atoms with Crippen LogP contribution in [-0.2, 0) is 14.8 Å². The molecular formula is C12H27IN4O3S. The molecule has 1 aliphatic rings. The quantitative estimate of drug-likeness (QED) is 0.303. The summed E-state index contributed by atoms with van der Waals surface area (Å²) in [7, 11) is -1.54. The van der Waals surface area contributed by atoms with Crippen molar-refractivity contribution in [2.24, 2.45) is 16.6 Å². The lowest BCUT2D eigenvalue weighted by Gasteiger charge is -2.19. The topological polar surface area (TPSA) is 106 Å². The first kappa shape index (κ1) is 20.9. The fraction of sp³-hybridized carbons (Fsp3) is 0.917. The summed E-state index contributed by atoms with van der Waals surface area (Å²) in [5.41, 5.74) is 5.80. The van der Waals surface area contributed by atoms with E-state index in [0.717, 1.165) is 19.3 Å². The molecule has 1 aliphatic carbocycles. The van der Waals surface area contributed by atoms with E-state index in [0.29, 0.717) is 19.1 Å². The summed E-state index contributed by atoms with van der Waals surface area (Å²) in [5.74, 6) is 0.586. The molecule has 3 unspecified atom stereocenters. The minimum atomic E-state index is -3.17. The number of guanidine groups is 1. The van der Waals surface area contributed by atoms with Crippen LogP contribution in [0.1, 0.15) is 26.2 Å². The van der Waals surface area contributed by atoms with Gasteiger partial charge in [0.05, 0.1) is 12.9 Å². The van der Waals surface area contributed by atoms with E-state index in [9.17, 15) is 8.42 Å². The molecule has 0 spiro atoms. The Hall–Kier alpha value is -0.130. The normalized spacial score (nSPS) is 24.4. The molecule has 0 saturated heterocycles. The van der Waals surface area contributed by atoms with E-state index in [1.807, 2.05) is 6.92 Å². The fourth-order valence-electron chi connectivity index (χ4n) is 2.49. The number of ether oxygens (including phenoxy) is 1. The molecule has 1 fully saturated rings. The fourth-order valence-corrected chi connectivity index (χ4v) is 3.35. The van der Waals surface area contributed by atoms with Gasteiger partial charge in [0, 0.05) is 25.7 Å². The van der Waals surface area contributed by atoms with Gasteiger partial charge in [-0.1, -0.05) is 6.42 Å². The highest BCUT2D eigenvalue weighted by Gasteiger charge is 2.29. The van der Waals surface area contributed by atoms with Gasteiger partial charge in [-0.3, -0.25) is 4.99 Å². The molecule has 9 heteroatoms. The summed E-state index contributed by atoms with van der Waals surface area (Å²) in [5, 5.41) is 3.03. The van der Waals surface area contributed by atoms with E-state index in [1.165, 1.54) is 6.26 Å². The average Bonchev–Trinajstić information content (AvgIpc) is 2.71. The first-order valence-electron chi connectivity index (χ1n) is 6.84. The maximum Gasteiger partial charge on any atom is 0.208 e. The highest BCUT2D eigenvalue weighted by molar-refractivity contribution is 14.0. The van der Waals surface area contributed by atoms with Gasteiger partial charge < -0.3 is 15.8 Å². The van der Waals surface area contributed by atoms with E-state index in [-0.39, 0.29) is 42.0 Å². The van der Waals surface area contributed by atoms with Crippen molar-refractivity contribution in [1.82, 2.24) is 10.0 Å². The SMILES string of the molecule is COCC(C)NC(N)=NCC1CCCC1NS(C)(=O)=O.I. The Morgan fingerprint density at radius 3 is 2.71 bits per heavy atom. The lowest BCUT2D eigenvalue weighted by molar-refractivity contribution is 0.179. The first-order valence-corrected chi connectivity index (χ1v) is 8.73. The standard InChI is InChI=1S/C12H26N4O3S.HI/c1-9(8-19-2)15-12(13)14-7-10-5-4-6-11(10)16-20(3,17)18;/h9-11,16H,4-8H2,1-3H3,(H3,13,14,15);1H. The Morgan fingerprint density at radius 1 is 1.48 bits per heavy atom. The van der Waals surface area contributed by atoms with Crippen LogP contribution in [0, 0.1) is 5.92 Å². The number of sulfonamides is 1. The van der Waals surface area contributed by atoms with Gasteiger partial charge in [0.1, 0.15) is 0 Å². The number of nitrogens with one attached hydrogen (secondary N) is 2. The molecular weight excluding hydrogens is 407 g/mol. The minimum absolute atomic E-state index is 0. The second-order valence-corrected chi connectivity index (χ2v) is 7.19. The van der Waals surface area contributed by atoms with Crippen molar-refractivity contribution in [2.75, 3.05) is 26.5 Å². The number of nitrogens with zero attached hydrogens (tertiary/aromatic N) is 1. The van der Waals surface area contributed by atoms with Crippen LogP contribution in [0.15, 0.2) is 4.99 Å². The average molecular weight is 434 g/mol. The smallest absolute Gasteiger partial charge is 0.208 e. The number of nitrogens with two attached hydrogens (primary N) is 1. The van der Waals surface area contributed by atoms with E-state index >= 15 is 0 Å². The molecule has 0 aliphatic heterocycles. The molecule has 0 bridgehead atoms. The van der Waals surface area contributed by atoms with E-state index in [4.69, 9.17) is 10.5 Å². The molecule has 1 saturated carbocycles. The van der Waals surface area contributed by atoms with Crippen LogP contribution in [-0.4, -0.2) is 53.0 Å². The molecule has 0 amide bonds. The number of hydrogen-bond donors (Lipinski definition) is 3. The summed E-state index contributed by atoms with van der Waals surface area (Å²) >= 11 is 0. The summed E-state index contributed by atoms with van der Waals surface area (Å²) in [6.45, 7) is 3.04. The van der Waals surface area contributed by atoms with Crippen molar-refractivity contribution >= 4 is 40.0 Å². The van der Waals surface area contributed by atoms with E-state index in [1.54, 1.807) is 7.11 Å². The number of halogens is 1. The van der Waals surface area contributed by atoms with Gasteiger partial charge in [0.15, 0.2) is 5.96 Å². The zero-order chi connectivity index (χ0) is 15.2. The van der Waals surface area contributed by atoms with E-state index in [2.05, 4.69) is 15.0 Å². The highest BCUT2D eigenvalue weighted by Crippen LogP contribution is 2.26. The third-order valence-corrected chi connectivity index (χ3v) is 4.06. The van der Waals surface area contributed by atoms with Crippen molar-refractivity contribution in [1.29, 1.82) is 0 Å². The largest absolute Gasteiger partial charge is 0.383 e. The molecule has 3 atom stereocenters. The Bertz CT molecular complexity index is 430. The molecule has 0 aromatic rings. The molecule has 0 aromatic heterocycles. The zero-order valence-electron chi connectivity index (χ0n) is 12.8. The molecule has 1 rings (SSSR count). The lowest BCUT2D eigenvalue weighted by Crippen LogP contribution is -2.42. The summed E-state index contributed by atoms with van der Waals surface area (Å²) in [6.07, 6.45) is 4.03. The van der Waals surface area contributed by atoms with Gasteiger partial charge in [-0.15, -0.1) is 24.0 Å². The molecule has 7 nitrogen and oxygen atoms in total. The lowest BCUT2D eigenvalue weighted by atomic mass is 10.1. The maximum absolute atomic E-state index is 11.3. The number of hydrogen-bond acceptors (Lipinski definition) is 4. The van der Waals surface area contributed by atoms with Crippen LogP contribution in [0.4, 0.5) is 0 Å². The molecule has 21 heavy (non-hydrogen) atoms. The van der Waals surface area contributed by atoms with Gasteiger partial charge in [0.25, 0.3) is 0 Å². The van der Waals surface area contributed by atoms with Crippen LogP contribution in [0.5, 0.6) is 0 Å². The van der Waals surface area contributed by atoms with Gasteiger partial charge in [-0.05, 0) is 25.7 Å². The Morgan fingerprint density at radius 2 is 2.14 bits per heavy atom. The highest BCUT2D eigenvalue weighted by atomic mass is 127. The minimum Gasteiger partial charge on any atom is -0.383 e. The van der Waals surface area contributed by atoms with E-state index < -0.39 is 10.0 Å². The van der Waals surface area contributed by atoms with Crippen molar-refractivity contribution in [3.63, 3.8) is 0 Å².